The summed E-state index contributed by atoms with van der Waals surface area (Å²) in [5.41, 5.74) is 4.89. The van der Waals surface area contributed by atoms with Crippen molar-refractivity contribution in [1.29, 1.82) is 0 Å². The second-order valence-electron chi connectivity index (χ2n) is 13.1. The summed E-state index contributed by atoms with van der Waals surface area (Å²) in [4.78, 5) is 0. The van der Waals surface area contributed by atoms with Crippen molar-refractivity contribution < 1.29 is 9.47 Å². The first kappa shape index (κ1) is 31.9. The van der Waals surface area contributed by atoms with Crippen LogP contribution in [0.15, 0.2) is 146 Å². The Morgan fingerprint density at radius 3 is 1.23 bits per heavy atom. The molecule has 4 heteroatoms. The van der Waals surface area contributed by atoms with E-state index in [4.69, 9.17) is 9.47 Å². The highest BCUT2D eigenvalue weighted by Crippen LogP contribution is 2.38. The molecule has 7 rings (SSSR count). The van der Waals surface area contributed by atoms with Crippen LogP contribution in [0.1, 0.15) is 37.3 Å². The fraction of sp³-hybridized carbons (Fsp3) is 0.182. The largest absolute Gasteiger partial charge is 0.496 e. The monoisotopic (exact) mass is 660 g/mol. The van der Waals surface area contributed by atoms with Crippen LogP contribution < -0.4 is 40.6 Å². The summed E-state index contributed by atoms with van der Waals surface area (Å²) in [5, 5.41) is 8.65. The molecule has 0 amide bonds. The molecule has 0 radical (unpaired) electrons. The van der Waals surface area contributed by atoms with E-state index in [0.29, 0.717) is 0 Å². The molecule has 0 aliphatic carbocycles. The molecule has 1 aliphatic rings. The number of aryl methyl sites for hydroxylation is 2. The summed E-state index contributed by atoms with van der Waals surface area (Å²) in [6, 6.07) is 55.6. The lowest BCUT2D eigenvalue weighted by atomic mass is 10.0. The van der Waals surface area contributed by atoms with E-state index in [0.717, 1.165) is 30.1 Å². The van der Waals surface area contributed by atoms with E-state index in [1.54, 1.807) is 7.11 Å². The maximum Gasteiger partial charge on any atom is 0.155 e. The minimum atomic E-state index is -2.97. The topological polar surface area (TPSA) is 18.5 Å². The van der Waals surface area contributed by atoms with Crippen LogP contribution in [-0.2, 0) is 0 Å². The highest BCUT2D eigenvalue weighted by Gasteiger charge is 2.65. The number of hydrogen-bond donors (Lipinski definition) is 0. The molecular formula is C44H44O2Si2. The summed E-state index contributed by atoms with van der Waals surface area (Å²) < 4.78 is 12.7. The average molecular weight is 661 g/mol. The van der Waals surface area contributed by atoms with Crippen LogP contribution >= 0.6 is 0 Å². The van der Waals surface area contributed by atoms with Crippen molar-refractivity contribution in [3.8, 4) is 22.6 Å². The molecule has 0 aromatic heterocycles. The van der Waals surface area contributed by atoms with Gasteiger partial charge in [-0.3, -0.25) is 0 Å². The maximum atomic E-state index is 6.60. The second kappa shape index (κ2) is 13.5. The molecule has 0 spiro atoms. The molecule has 6 aromatic carbocycles. The Labute approximate surface area is 287 Å². The van der Waals surface area contributed by atoms with Gasteiger partial charge in [-0.1, -0.05) is 174 Å². The molecular weight excluding hydrogens is 617 g/mol. The van der Waals surface area contributed by atoms with Crippen LogP contribution in [0.3, 0.4) is 0 Å². The number of rotatable bonds is 10. The molecule has 0 unspecified atom stereocenters. The van der Waals surface area contributed by atoms with Gasteiger partial charge in [-0.25, -0.2) is 0 Å². The van der Waals surface area contributed by atoms with E-state index in [9.17, 15) is 0 Å². The quantitative estimate of drug-likeness (QED) is 0.122. The Morgan fingerprint density at radius 1 is 0.479 bits per heavy atom. The van der Waals surface area contributed by atoms with Gasteiger partial charge in [0.1, 0.15) is 11.5 Å². The van der Waals surface area contributed by atoms with Crippen molar-refractivity contribution in [2.75, 3.05) is 13.7 Å². The number of unbranched alkanes of at least 4 members (excludes halogenated alkanes) is 2. The van der Waals surface area contributed by atoms with Crippen LogP contribution in [0.4, 0.5) is 0 Å². The number of methoxy groups -OCH3 is 1. The van der Waals surface area contributed by atoms with E-state index < -0.39 is 15.2 Å². The molecule has 1 heterocycles. The molecule has 6 aromatic rings. The van der Waals surface area contributed by atoms with Crippen LogP contribution in [-0.4, -0.2) is 28.9 Å². The molecule has 0 bridgehead atoms. The summed E-state index contributed by atoms with van der Waals surface area (Å²) in [5.74, 6) is 1.90. The number of fused-ring (bicyclic) bond motifs is 3. The van der Waals surface area contributed by atoms with E-state index in [1.165, 1.54) is 60.7 Å². The standard InChI is InChI=1S/C44H44O2Si2/c1-5-6-19-28-46-42-32-40-39-31-41(45-4)33(2)29-43(39)47(35-20-11-7-12-21-35,36-22-13-8-14-23-36)48(44(40)30-34(42)3,37-24-15-9-16-25-37)38-26-17-10-18-27-38/h7-18,20-27,29-32H,5-6,19,28H2,1-4H3. The first-order chi connectivity index (χ1) is 23.6. The average Bonchev–Trinajstić information content (AvgIpc) is 3.14. The summed E-state index contributed by atoms with van der Waals surface area (Å²) in [7, 11) is -4.15. The SMILES string of the molecule is CCCCCOc1cc2c(cc1C)[Si](c1ccccc1)(c1ccccc1)[Si](c1ccccc1)(c1ccccc1)c1cc(C)c(OC)cc1-2. The minimum Gasteiger partial charge on any atom is -0.496 e. The molecule has 0 atom stereocenters. The fourth-order valence-corrected chi connectivity index (χ4v) is 28.5. The Kier molecular flexibility index (Phi) is 8.95. The third kappa shape index (κ3) is 4.97. The molecule has 0 saturated carbocycles. The lowest BCUT2D eigenvalue weighted by molar-refractivity contribution is 0.304. The zero-order valence-corrected chi connectivity index (χ0v) is 30.5. The summed E-state index contributed by atoms with van der Waals surface area (Å²) in [6.07, 6.45) is 3.40. The van der Waals surface area contributed by atoms with Crippen molar-refractivity contribution in [2.24, 2.45) is 0 Å². The first-order valence-corrected chi connectivity index (χ1v) is 22.3. The second-order valence-corrected chi connectivity index (χ2v) is 23.9. The lowest BCUT2D eigenvalue weighted by Crippen LogP contribution is -2.95. The zero-order chi connectivity index (χ0) is 33.1. The highest BCUT2D eigenvalue weighted by atomic mass is 29.3. The van der Waals surface area contributed by atoms with Gasteiger partial charge < -0.3 is 9.47 Å². The number of ether oxygens (including phenoxy) is 2. The van der Waals surface area contributed by atoms with Gasteiger partial charge >= 0.3 is 0 Å². The molecule has 0 fully saturated rings. The van der Waals surface area contributed by atoms with E-state index in [2.05, 4.69) is 166 Å². The fourth-order valence-electron chi connectivity index (χ4n) is 8.33. The Hall–Kier alpha value is -4.65. The van der Waals surface area contributed by atoms with Crippen molar-refractivity contribution in [3.05, 3.63) is 157 Å². The van der Waals surface area contributed by atoms with E-state index in [-0.39, 0.29) is 0 Å². The van der Waals surface area contributed by atoms with Gasteiger partial charge in [-0.15, -0.1) is 0 Å². The maximum absolute atomic E-state index is 6.60. The Bertz CT molecular complexity index is 1930. The molecule has 240 valence electrons. The highest BCUT2D eigenvalue weighted by molar-refractivity contribution is 7.68. The molecule has 2 nitrogen and oxygen atoms in total. The zero-order valence-electron chi connectivity index (χ0n) is 28.5. The van der Waals surface area contributed by atoms with E-state index >= 15 is 0 Å². The van der Waals surface area contributed by atoms with Crippen molar-refractivity contribution >= 4 is 46.3 Å². The normalized spacial score (nSPS) is 14.1. The van der Waals surface area contributed by atoms with Gasteiger partial charge in [0, 0.05) is 0 Å². The molecule has 1 aliphatic heterocycles. The third-order valence-corrected chi connectivity index (χ3v) is 27.2. The predicted molar refractivity (Wildman–Crippen MR) is 208 cm³/mol. The third-order valence-electron chi connectivity index (χ3n) is 10.3. The Morgan fingerprint density at radius 2 is 0.854 bits per heavy atom. The van der Waals surface area contributed by atoms with Crippen molar-refractivity contribution in [2.45, 2.75) is 40.0 Å². The van der Waals surface area contributed by atoms with Gasteiger partial charge in [-0.05, 0) is 65.0 Å². The summed E-state index contributed by atoms with van der Waals surface area (Å²) >= 11 is 0. The Balaban J connectivity index is 1.74. The van der Waals surface area contributed by atoms with Gasteiger partial charge in [0.2, 0.25) is 0 Å². The minimum absolute atomic E-state index is 0.726. The van der Waals surface area contributed by atoms with E-state index in [1.807, 2.05) is 0 Å². The number of hydrogen-bond acceptors (Lipinski definition) is 2. The number of benzene rings is 6. The van der Waals surface area contributed by atoms with Crippen LogP contribution in [0.2, 0.25) is 0 Å². The van der Waals surface area contributed by atoms with Gasteiger partial charge in [0.05, 0.1) is 13.7 Å². The van der Waals surface area contributed by atoms with Crippen molar-refractivity contribution in [1.82, 2.24) is 0 Å². The molecule has 48 heavy (non-hydrogen) atoms. The molecule has 0 saturated heterocycles. The van der Waals surface area contributed by atoms with Gasteiger partial charge in [0.25, 0.3) is 0 Å². The predicted octanol–water partition coefficient (Wildman–Crippen LogP) is 6.58. The van der Waals surface area contributed by atoms with Crippen molar-refractivity contribution in [3.63, 3.8) is 0 Å². The lowest BCUT2D eigenvalue weighted by Gasteiger charge is -2.54. The van der Waals surface area contributed by atoms with Crippen LogP contribution in [0, 0.1) is 13.8 Å². The first-order valence-electron chi connectivity index (χ1n) is 17.3. The molecule has 0 N–H and O–H groups in total. The summed E-state index contributed by atoms with van der Waals surface area (Å²) in [6.45, 7) is 7.41. The van der Waals surface area contributed by atoms with Crippen LogP contribution in [0.25, 0.3) is 11.1 Å². The smallest absolute Gasteiger partial charge is 0.155 e. The van der Waals surface area contributed by atoms with Gasteiger partial charge in [-0.2, -0.15) is 0 Å². The van der Waals surface area contributed by atoms with Gasteiger partial charge in [0.15, 0.2) is 15.2 Å². The van der Waals surface area contributed by atoms with Crippen LogP contribution in [0.5, 0.6) is 11.5 Å².